The third kappa shape index (κ3) is 6.61. The second kappa shape index (κ2) is 15.1. The Kier molecular flexibility index (Phi) is 8.87. The highest BCUT2D eigenvalue weighted by Gasteiger charge is 2.20. The van der Waals surface area contributed by atoms with Crippen LogP contribution in [0.15, 0.2) is 241 Å². The van der Waals surface area contributed by atoms with Crippen LogP contribution in [0.25, 0.3) is 88.3 Å². The molecule has 1 aromatic heterocycles. The molecule has 282 valence electrons. The van der Waals surface area contributed by atoms with Crippen molar-refractivity contribution < 1.29 is 4.42 Å². The van der Waals surface area contributed by atoms with Crippen LogP contribution in [-0.2, 0) is 0 Å². The summed E-state index contributed by atoms with van der Waals surface area (Å²) in [5.41, 5.74) is 16.7. The van der Waals surface area contributed by atoms with Gasteiger partial charge in [-0.2, -0.15) is 0 Å². The molecular weight excluding hydrogens is 727 g/mol. The number of fused-ring (bicyclic) bond motifs is 4. The van der Waals surface area contributed by atoms with Crippen LogP contribution >= 0.6 is 0 Å². The number of hydrogen-bond acceptors (Lipinski definition) is 2. The van der Waals surface area contributed by atoms with Crippen LogP contribution < -0.4 is 4.90 Å². The first-order valence-electron chi connectivity index (χ1n) is 20.5. The molecule has 10 aromatic carbocycles. The highest BCUT2D eigenvalue weighted by Crippen LogP contribution is 2.45. The summed E-state index contributed by atoms with van der Waals surface area (Å²) in [6, 6.07) is 85.1. The zero-order chi connectivity index (χ0) is 39.8. The van der Waals surface area contributed by atoms with Gasteiger partial charge in [0.2, 0.25) is 0 Å². The first-order chi connectivity index (χ1) is 29.7. The van der Waals surface area contributed by atoms with Gasteiger partial charge in [0.05, 0.1) is 5.69 Å². The molecule has 0 N–H and O–H groups in total. The topological polar surface area (TPSA) is 16.4 Å². The van der Waals surface area contributed by atoms with Crippen LogP contribution in [0.3, 0.4) is 0 Å². The van der Waals surface area contributed by atoms with E-state index in [4.69, 9.17) is 4.42 Å². The lowest BCUT2D eigenvalue weighted by Gasteiger charge is -2.29. The lowest BCUT2D eigenvalue weighted by Crippen LogP contribution is -2.11. The molecular formula is C58H39NO. The summed E-state index contributed by atoms with van der Waals surface area (Å²) in [5, 5.41) is 4.70. The number of benzene rings is 10. The molecule has 0 spiro atoms. The number of para-hydroxylation sites is 1. The predicted octanol–water partition coefficient (Wildman–Crippen LogP) is 16.5. The maximum absolute atomic E-state index is 6.21. The van der Waals surface area contributed by atoms with Gasteiger partial charge in [0, 0.05) is 27.7 Å². The Labute approximate surface area is 349 Å². The van der Waals surface area contributed by atoms with Crippen LogP contribution in [0, 0.1) is 0 Å². The monoisotopic (exact) mass is 765 g/mol. The van der Waals surface area contributed by atoms with Crippen molar-refractivity contribution in [2.75, 3.05) is 4.90 Å². The minimum atomic E-state index is 0.894. The van der Waals surface area contributed by atoms with Gasteiger partial charge >= 0.3 is 0 Å². The van der Waals surface area contributed by atoms with Crippen molar-refractivity contribution in [1.29, 1.82) is 0 Å². The Morgan fingerprint density at radius 3 is 1.55 bits per heavy atom. The fourth-order valence-corrected chi connectivity index (χ4v) is 8.57. The first kappa shape index (κ1) is 35.2. The largest absolute Gasteiger partial charge is 0.456 e. The minimum Gasteiger partial charge on any atom is -0.456 e. The van der Waals surface area contributed by atoms with Crippen molar-refractivity contribution in [1.82, 2.24) is 0 Å². The molecule has 0 aliphatic heterocycles. The van der Waals surface area contributed by atoms with E-state index in [9.17, 15) is 0 Å². The Hall–Kier alpha value is -7.94. The molecule has 0 aliphatic carbocycles. The Morgan fingerprint density at radius 1 is 0.267 bits per heavy atom. The predicted molar refractivity (Wildman–Crippen MR) is 253 cm³/mol. The zero-order valence-electron chi connectivity index (χ0n) is 32.9. The Morgan fingerprint density at radius 2 is 0.783 bits per heavy atom. The van der Waals surface area contributed by atoms with E-state index in [-0.39, 0.29) is 0 Å². The van der Waals surface area contributed by atoms with Gasteiger partial charge in [0.15, 0.2) is 0 Å². The van der Waals surface area contributed by atoms with E-state index in [0.717, 1.165) is 66.8 Å². The molecule has 11 rings (SSSR count). The van der Waals surface area contributed by atoms with Gasteiger partial charge in [0.25, 0.3) is 0 Å². The Balaban J connectivity index is 1.07. The average Bonchev–Trinajstić information content (AvgIpc) is 3.70. The van der Waals surface area contributed by atoms with Crippen molar-refractivity contribution in [3.8, 4) is 55.6 Å². The SMILES string of the molecule is c1ccc(-c2ccc(-c3ccc(N(c4cccc(-c5ccc6oc7ccccc7c6c5)c4)c4cc(-c5ccc6ccccc6c5)ccc4-c4ccccc4)cc3)cc2)cc1. The van der Waals surface area contributed by atoms with Gasteiger partial charge in [0.1, 0.15) is 11.2 Å². The standard InChI is InChI=1S/C58H39NO/c1-3-12-40(13-4-1)42-22-24-43(25-23-42)44-28-32-51(33-29-44)59(52-19-11-18-47(37-52)49-31-35-58-55(38-49)54-20-9-10-21-57(54)60-58)56-39-50(30-34-53(56)45-15-5-2-6-16-45)48-27-26-41-14-7-8-17-46(41)36-48/h1-39H. The maximum atomic E-state index is 6.21. The van der Waals surface area contributed by atoms with Crippen LogP contribution in [0.5, 0.6) is 0 Å². The van der Waals surface area contributed by atoms with Crippen LogP contribution in [-0.4, -0.2) is 0 Å². The molecule has 60 heavy (non-hydrogen) atoms. The van der Waals surface area contributed by atoms with Crippen molar-refractivity contribution in [3.63, 3.8) is 0 Å². The molecule has 0 bridgehead atoms. The second-order valence-electron chi connectivity index (χ2n) is 15.3. The molecule has 0 radical (unpaired) electrons. The smallest absolute Gasteiger partial charge is 0.135 e. The summed E-state index contributed by atoms with van der Waals surface area (Å²) in [6.07, 6.45) is 0. The number of furan rings is 1. The molecule has 2 heteroatoms. The molecule has 0 amide bonds. The summed E-state index contributed by atoms with van der Waals surface area (Å²) >= 11 is 0. The van der Waals surface area contributed by atoms with Crippen molar-refractivity contribution in [3.05, 3.63) is 237 Å². The van der Waals surface area contributed by atoms with Gasteiger partial charge in [-0.05, 0) is 115 Å². The molecule has 2 nitrogen and oxygen atoms in total. The van der Waals surface area contributed by atoms with Gasteiger partial charge in [-0.15, -0.1) is 0 Å². The van der Waals surface area contributed by atoms with E-state index in [1.54, 1.807) is 0 Å². The lowest BCUT2D eigenvalue weighted by molar-refractivity contribution is 0.669. The minimum absolute atomic E-state index is 0.894. The maximum Gasteiger partial charge on any atom is 0.135 e. The number of nitrogens with zero attached hydrogens (tertiary/aromatic N) is 1. The normalized spacial score (nSPS) is 11.3. The molecule has 0 fully saturated rings. The van der Waals surface area contributed by atoms with E-state index in [2.05, 4.69) is 229 Å². The third-order valence-corrected chi connectivity index (χ3v) is 11.7. The lowest BCUT2D eigenvalue weighted by atomic mass is 9.95. The third-order valence-electron chi connectivity index (χ3n) is 11.7. The van der Waals surface area contributed by atoms with Crippen LogP contribution in [0.4, 0.5) is 17.1 Å². The van der Waals surface area contributed by atoms with Gasteiger partial charge in [-0.1, -0.05) is 182 Å². The van der Waals surface area contributed by atoms with Crippen molar-refractivity contribution in [2.24, 2.45) is 0 Å². The molecule has 0 saturated heterocycles. The molecule has 0 atom stereocenters. The first-order valence-corrected chi connectivity index (χ1v) is 20.5. The summed E-state index contributed by atoms with van der Waals surface area (Å²) in [4.78, 5) is 2.42. The summed E-state index contributed by atoms with van der Waals surface area (Å²) in [7, 11) is 0. The highest BCUT2D eigenvalue weighted by atomic mass is 16.3. The highest BCUT2D eigenvalue weighted by molar-refractivity contribution is 6.06. The van der Waals surface area contributed by atoms with E-state index >= 15 is 0 Å². The number of rotatable bonds is 8. The van der Waals surface area contributed by atoms with Gasteiger partial charge in [-0.3, -0.25) is 0 Å². The van der Waals surface area contributed by atoms with Gasteiger partial charge in [-0.25, -0.2) is 0 Å². The molecule has 0 saturated carbocycles. The Bertz CT molecular complexity index is 3290. The fourth-order valence-electron chi connectivity index (χ4n) is 8.57. The van der Waals surface area contributed by atoms with Crippen LogP contribution in [0.2, 0.25) is 0 Å². The van der Waals surface area contributed by atoms with E-state index in [1.807, 2.05) is 12.1 Å². The summed E-state index contributed by atoms with van der Waals surface area (Å²) < 4.78 is 6.21. The molecule has 1 heterocycles. The van der Waals surface area contributed by atoms with E-state index < -0.39 is 0 Å². The van der Waals surface area contributed by atoms with Crippen molar-refractivity contribution in [2.45, 2.75) is 0 Å². The second-order valence-corrected chi connectivity index (χ2v) is 15.3. The number of anilines is 3. The van der Waals surface area contributed by atoms with Crippen molar-refractivity contribution >= 4 is 49.8 Å². The number of hydrogen-bond donors (Lipinski definition) is 0. The van der Waals surface area contributed by atoms with E-state index in [1.165, 1.54) is 38.6 Å². The van der Waals surface area contributed by atoms with Crippen LogP contribution in [0.1, 0.15) is 0 Å². The zero-order valence-corrected chi connectivity index (χ0v) is 32.9. The summed E-state index contributed by atoms with van der Waals surface area (Å²) in [5.74, 6) is 0. The molecule has 11 aromatic rings. The average molecular weight is 766 g/mol. The quantitative estimate of drug-likeness (QED) is 0.153. The van der Waals surface area contributed by atoms with Gasteiger partial charge < -0.3 is 9.32 Å². The molecule has 0 unspecified atom stereocenters. The molecule has 0 aliphatic rings. The summed E-state index contributed by atoms with van der Waals surface area (Å²) in [6.45, 7) is 0. The van der Waals surface area contributed by atoms with E-state index in [0.29, 0.717) is 0 Å². The fraction of sp³-hybridized carbons (Fsp3) is 0.